The Labute approximate surface area is 108 Å². The highest BCUT2D eigenvalue weighted by atomic mass is 32.1. The van der Waals surface area contributed by atoms with Crippen molar-refractivity contribution in [2.75, 3.05) is 0 Å². The number of nitrogens with zero attached hydrogens (tertiary/aromatic N) is 1. The van der Waals surface area contributed by atoms with Crippen LogP contribution in [-0.2, 0) is 5.75 Å². The van der Waals surface area contributed by atoms with Gasteiger partial charge in [-0.25, -0.2) is 8.78 Å². The second kappa shape index (κ2) is 4.94. The van der Waals surface area contributed by atoms with Gasteiger partial charge in [0.05, 0.1) is 0 Å². The molecule has 0 spiro atoms. The Kier molecular flexibility index (Phi) is 3.52. The van der Waals surface area contributed by atoms with Gasteiger partial charge in [0.15, 0.2) is 17.1 Å². The Balaban J connectivity index is 2.63. The van der Waals surface area contributed by atoms with Crippen molar-refractivity contribution >= 4 is 12.6 Å². The number of hydrogen-bond donors (Lipinski definition) is 1. The van der Waals surface area contributed by atoms with E-state index in [9.17, 15) is 13.6 Å². The van der Waals surface area contributed by atoms with Crippen LogP contribution in [0.5, 0.6) is 0 Å². The molecule has 0 bridgehead atoms. The van der Waals surface area contributed by atoms with E-state index in [0.29, 0.717) is 22.7 Å². The molecule has 0 saturated heterocycles. The van der Waals surface area contributed by atoms with Crippen molar-refractivity contribution in [3.05, 3.63) is 63.6 Å². The topological polar surface area (TPSA) is 22.0 Å². The third-order valence-electron chi connectivity index (χ3n) is 2.67. The molecule has 1 aromatic carbocycles. The predicted molar refractivity (Wildman–Crippen MR) is 69.4 cm³/mol. The molecule has 1 heterocycles. The fourth-order valence-corrected chi connectivity index (χ4v) is 1.94. The first-order valence-electron chi connectivity index (χ1n) is 5.31. The van der Waals surface area contributed by atoms with Gasteiger partial charge in [0.25, 0.3) is 0 Å². The van der Waals surface area contributed by atoms with Gasteiger partial charge in [0.1, 0.15) is 0 Å². The summed E-state index contributed by atoms with van der Waals surface area (Å²) in [5, 5.41) is 0. The normalized spacial score (nSPS) is 10.7. The molecule has 0 radical (unpaired) electrons. The molecule has 1 aromatic heterocycles. The van der Waals surface area contributed by atoms with Crippen molar-refractivity contribution in [3.63, 3.8) is 0 Å². The van der Waals surface area contributed by atoms with E-state index in [-0.39, 0.29) is 5.43 Å². The number of thiol groups is 1. The minimum absolute atomic E-state index is 0.110. The van der Waals surface area contributed by atoms with Gasteiger partial charge in [0, 0.05) is 41.0 Å². The number of aromatic nitrogens is 1. The molecule has 5 heteroatoms. The van der Waals surface area contributed by atoms with E-state index in [4.69, 9.17) is 0 Å². The molecule has 2 rings (SSSR count). The summed E-state index contributed by atoms with van der Waals surface area (Å²) < 4.78 is 27.7. The van der Waals surface area contributed by atoms with Crippen molar-refractivity contribution in [1.29, 1.82) is 0 Å². The second-order valence-corrected chi connectivity index (χ2v) is 4.25. The maximum Gasteiger partial charge on any atom is 0.185 e. The summed E-state index contributed by atoms with van der Waals surface area (Å²) in [7, 11) is 0. The summed E-state index contributed by atoms with van der Waals surface area (Å²) in [6.07, 6.45) is 1.59. The monoisotopic (exact) mass is 267 g/mol. The van der Waals surface area contributed by atoms with Crippen molar-refractivity contribution < 1.29 is 8.78 Å². The zero-order valence-electron chi connectivity index (χ0n) is 9.65. The van der Waals surface area contributed by atoms with E-state index in [1.165, 1.54) is 12.1 Å². The molecule has 0 aliphatic carbocycles. The molecule has 2 aromatic rings. The SMILES string of the molecule is Cc1cc(=O)c(CS)cn1-c1ccc(F)c(F)c1. The van der Waals surface area contributed by atoms with Gasteiger partial charge in [-0.2, -0.15) is 12.6 Å². The van der Waals surface area contributed by atoms with Crippen LogP contribution >= 0.6 is 12.6 Å². The zero-order valence-corrected chi connectivity index (χ0v) is 10.5. The summed E-state index contributed by atoms with van der Waals surface area (Å²) in [6.45, 7) is 1.73. The second-order valence-electron chi connectivity index (χ2n) is 3.93. The lowest BCUT2D eigenvalue weighted by atomic mass is 10.2. The number of aryl methyl sites for hydroxylation is 1. The first-order valence-corrected chi connectivity index (χ1v) is 5.94. The quantitative estimate of drug-likeness (QED) is 0.830. The maximum atomic E-state index is 13.2. The molecule has 2 nitrogen and oxygen atoms in total. The number of pyridine rings is 1. The maximum absolute atomic E-state index is 13.2. The molecule has 0 saturated carbocycles. The highest BCUT2D eigenvalue weighted by Crippen LogP contribution is 2.15. The van der Waals surface area contributed by atoms with Crippen LogP contribution < -0.4 is 5.43 Å². The standard InChI is InChI=1S/C13H11F2NOS/c1-8-4-13(17)9(7-18)6-16(8)10-2-3-11(14)12(15)5-10/h2-6,18H,7H2,1H3. The van der Waals surface area contributed by atoms with E-state index in [1.54, 1.807) is 17.7 Å². The Bertz CT molecular complexity index is 652. The lowest BCUT2D eigenvalue weighted by molar-refractivity contribution is 0.508. The van der Waals surface area contributed by atoms with E-state index in [0.717, 1.165) is 12.1 Å². The highest BCUT2D eigenvalue weighted by molar-refractivity contribution is 7.79. The minimum Gasteiger partial charge on any atom is -0.321 e. The van der Waals surface area contributed by atoms with Crippen molar-refractivity contribution in [2.45, 2.75) is 12.7 Å². The van der Waals surface area contributed by atoms with Crippen LogP contribution in [0.1, 0.15) is 11.3 Å². The lowest BCUT2D eigenvalue weighted by Crippen LogP contribution is -2.13. The first-order chi connectivity index (χ1) is 8.52. The van der Waals surface area contributed by atoms with Crippen molar-refractivity contribution in [3.8, 4) is 5.69 Å². The van der Waals surface area contributed by atoms with Crippen molar-refractivity contribution in [2.24, 2.45) is 0 Å². The van der Waals surface area contributed by atoms with E-state index >= 15 is 0 Å². The third kappa shape index (κ3) is 2.31. The van der Waals surface area contributed by atoms with Gasteiger partial charge in [0.2, 0.25) is 0 Å². The Hall–Kier alpha value is -1.62. The Morgan fingerprint density at radius 3 is 2.56 bits per heavy atom. The molecule has 0 aliphatic rings. The number of hydrogen-bond acceptors (Lipinski definition) is 2. The molecular formula is C13H11F2NOS. The summed E-state index contributed by atoms with van der Waals surface area (Å²) in [6, 6.07) is 5.06. The largest absolute Gasteiger partial charge is 0.321 e. The van der Waals surface area contributed by atoms with Crippen LogP contribution in [0.25, 0.3) is 5.69 Å². The number of benzene rings is 1. The van der Waals surface area contributed by atoms with Crippen LogP contribution in [0.2, 0.25) is 0 Å². The molecule has 0 N–H and O–H groups in total. The Morgan fingerprint density at radius 2 is 1.94 bits per heavy atom. The summed E-state index contributed by atoms with van der Waals surface area (Å²) in [5.74, 6) is -1.52. The molecule has 0 fully saturated rings. The average molecular weight is 267 g/mol. The van der Waals surface area contributed by atoms with E-state index in [2.05, 4.69) is 12.6 Å². The van der Waals surface area contributed by atoms with Crippen LogP contribution in [0.3, 0.4) is 0 Å². The van der Waals surface area contributed by atoms with Gasteiger partial charge in [-0.3, -0.25) is 4.79 Å². The van der Waals surface area contributed by atoms with Crippen LogP contribution in [0.15, 0.2) is 35.3 Å². The molecule has 94 valence electrons. The molecule has 18 heavy (non-hydrogen) atoms. The van der Waals surface area contributed by atoms with Gasteiger partial charge >= 0.3 is 0 Å². The average Bonchev–Trinajstić information content (AvgIpc) is 2.33. The van der Waals surface area contributed by atoms with E-state index < -0.39 is 11.6 Å². The molecular weight excluding hydrogens is 256 g/mol. The van der Waals surface area contributed by atoms with Gasteiger partial charge < -0.3 is 4.57 Å². The number of rotatable bonds is 2. The molecule has 0 unspecified atom stereocenters. The third-order valence-corrected chi connectivity index (χ3v) is 3.01. The predicted octanol–water partition coefficient (Wildman–Crippen LogP) is 2.85. The summed E-state index contributed by atoms with van der Waals surface area (Å²) in [4.78, 5) is 11.6. The van der Waals surface area contributed by atoms with Gasteiger partial charge in [-0.15, -0.1) is 0 Å². The fourth-order valence-electron chi connectivity index (χ4n) is 1.71. The first kappa shape index (κ1) is 12.8. The van der Waals surface area contributed by atoms with Gasteiger partial charge in [-0.1, -0.05) is 0 Å². The fraction of sp³-hybridized carbons (Fsp3) is 0.154. The van der Waals surface area contributed by atoms with Crippen molar-refractivity contribution in [1.82, 2.24) is 4.57 Å². The molecule has 0 amide bonds. The minimum atomic E-state index is -0.918. The van der Waals surface area contributed by atoms with Crippen LogP contribution in [0, 0.1) is 18.6 Å². The molecule has 0 aliphatic heterocycles. The smallest absolute Gasteiger partial charge is 0.185 e. The summed E-state index contributed by atoms with van der Waals surface area (Å²) in [5.41, 5.74) is 1.51. The number of halogens is 2. The van der Waals surface area contributed by atoms with Crippen LogP contribution in [0.4, 0.5) is 8.78 Å². The molecule has 0 atom stereocenters. The lowest BCUT2D eigenvalue weighted by Gasteiger charge is -2.12. The highest BCUT2D eigenvalue weighted by Gasteiger charge is 2.07. The summed E-state index contributed by atoms with van der Waals surface area (Å²) >= 11 is 4.06. The van der Waals surface area contributed by atoms with E-state index in [1.807, 2.05) is 0 Å². The van der Waals surface area contributed by atoms with Gasteiger partial charge in [-0.05, 0) is 19.1 Å². The zero-order chi connectivity index (χ0) is 13.3. The van der Waals surface area contributed by atoms with Crippen LogP contribution in [-0.4, -0.2) is 4.57 Å². The Morgan fingerprint density at radius 1 is 1.22 bits per heavy atom.